The molecule has 0 saturated carbocycles. The number of ether oxygens (including phenoxy) is 1. The van der Waals surface area contributed by atoms with Crippen LogP contribution in [0, 0.1) is 0 Å². The Balaban J connectivity index is 2.17. The maximum atomic E-state index is 12.1. The van der Waals surface area contributed by atoms with Crippen molar-refractivity contribution in [3.8, 4) is 5.75 Å². The fourth-order valence-electron chi connectivity index (χ4n) is 2.11. The number of halogens is 3. The van der Waals surface area contributed by atoms with Gasteiger partial charge in [0.05, 0.1) is 17.8 Å². The Labute approximate surface area is 160 Å². The van der Waals surface area contributed by atoms with Gasteiger partial charge in [0.15, 0.2) is 10.6 Å². The molecule has 0 aromatic heterocycles. The first-order valence-electron chi connectivity index (χ1n) is 7.21. The van der Waals surface area contributed by atoms with E-state index in [4.69, 9.17) is 39.5 Å². The van der Waals surface area contributed by atoms with Crippen LogP contribution in [0.15, 0.2) is 42.5 Å². The first-order valence-corrected chi connectivity index (χ1v) is 8.46. The van der Waals surface area contributed by atoms with E-state index >= 15 is 0 Å². The Bertz CT molecular complexity index is 767. The summed E-state index contributed by atoms with van der Waals surface area (Å²) in [6.07, 6.45) is 0. The molecule has 25 heavy (non-hydrogen) atoms. The maximum Gasteiger partial charge on any atom is 0.257 e. The van der Waals surface area contributed by atoms with Crippen molar-refractivity contribution in [3.63, 3.8) is 0 Å². The van der Waals surface area contributed by atoms with Crippen molar-refractivity contribution >= 4 is 52.3 Å². The molecule has 0 atom stereocenters. The van der Waals surface area contributed by atoms with Crippen LogP contribution < -0.4 is 15.4 Å². The predicted molar refractivity (Wildman–Crippen MR) is 99.7 cm³/mol. The molecule has 0 radical (unpaired) electrons. The Morgan fingerprint density at radius 1 is 1.16 bits per heavy atom. The van der Waals surface area contributed by atoms with Gasteiger partial charge in [-0.1, -0.05) is 53.0 Å². The molecular formula is C17H15Cl3N2O3. The molecule has 0 aliphatic heterocycles. The number of amides is 2. The Kier molecular flexibility index (Phi) is 6.93. The van der Waals surface area contributed by atoms with Crippen LogP contribution >= 0.6 is 34.8 Å². The lowest BCUT2D eigenvalue weighted by Crippen LogP contribution is -2.23. The van der Waals surface area contributed by atoms with Crippen molar-refractivity contribution in [2.75, 3.05) is 12.4 Å². The fourth-order valence-corrected chi connectivity index (χ4v) is 2.54. The molecule has 2 aromatic rings. The molecule has 0 aliphatic rings. The molecule has 2 aromatic carbocycles. The summed E-state index contributed by atoms with van der Waals surface area (Å²) in [5.41, 5.74) is 1.53. The molecule has 0 saturated heterocycles. The molecule has 2 amide bonds. The minimum absolute atomic E-state index is 0.214. The number of rotatable bonds is 6. The van der Waals surface area contributed by atoms with Crippen LogP contribution in [-0.2, 0) is 11.3 Å². The maximum absolute atomic E-state index is 12.1. The normalized spacial score (nSPS) is 10.4. The van der Waals surface area contributed by atoms with Gasteiger partial charge < -0.3 is 15.4 Å². The van der Waals surface area contributed by atoms with Crippen LogP contribution in [0.2, 0.25) is 5.02 Å². The van der Waals surface area contributed by atoms with Gasteiger partial charge in [-0.25, -0.2) is 0 Å². The van der Waals surface area contributed by atoms with Gasteiger partial charge in [-0.05, 0) is 29.8 Å². The van der Waals surface area contributed by atoms with Gasteiger partial charge in [-0.2, -0.15) is 0 Å². The molecule has 0 fully saturated rings. The van der Waals surface area contributed by atoms with E-state index in [0.717, 1.165) is 0 Å². The highest BCUT2D eigenvalue weighted by Crippen LogP contribution is 2.34. The van der Waals surface area contributed by atoms with Crippen molar-refractivity contribution in [1.29, 1.82) is 0 Å². The van der Waals surface area contributed by atoms with Crippen LogP contribution in [0.3, 0.4) is 0 Å². The van der Waals surface area contributed by atoms with E-state index in [1.54, 1.807) is 36.4 Å². The van der Waals surface area contributed by atoms with Gasteiger partial charge >= 0.3 is 0 Å². The number of carbonyl (C=O) groups excluding carboxylic acids is 2. The largest absolute Gasteiger partial charge is 0.493 e. The van der Waals surface area contributed by atoms with Gasteiger partial charge in [0.2, 0.25) is 0 Å². The number of nitrogens with one attached hydrogen (secondary N) is 2. The summed E-state index contributed by atoms with van der Waals surface area (Å²) in [4.78, 5) is 22.6. The van der Waals surface area contributed by atoms with E-state index in [2.05, 4.69) is 10.6 Å². The van der Waals surface area contributed by atoms with E-state index in [9.17, 15) is 9.59 Å². The van der Waals surface area contributed by atoms with Crippen LogP contribution in [0.5, 0.6) is 5.75 Å². The predicted octanol–water partition coefficient (Wildman–Crippen LogP) is 4.02. The van der Waals surface area contributed by atoms with Crippen molar-refractivity contribution in [3.05, 3.63) is 58.6 Å². The average Bonchev–Trinajstić information content (AvgIpc) is 2.60. The SMILES string of the molecule is COc1c(Cl)cc(CNC(=O)c2ccccc2)cc1NC(=O)C(Cl)Cl. The third kappa shape index (κ3) is 5.26. The zero-order valence-electron chi connectivity index (χ0n) is 13.2. The standard InChI is InChI=1S/C17H15Cl3N2O3/c1-25-14-12(18)7-10(8-13(14)22-17(24)15(19)20)9-21-16(23)11-5-3-2-4-6-11/h2-8,15H,9H2,1H3,(H,21,23)(H,22,24). The summed E-state index contributed by atoms with van der Waals surface area (Å²) < 4.78 is 5.19. The summed E-state index contributed by atoms with van der Waals surface area (Å²) in [7, 11) is 1.42. The van der Waals surface area contributed by atoms with Gasteiger partial charge in [-0.3, -0.25) is 9.59 Å². The Morgan fingerprint density at radius 2 is 1.84 bits per heavy atom. The number of hydrogen-bond donors (Lipinski definition) is 2. The summed E-state index contributed by atoms with van der Waals surface area (Å²) >= 11 is 17.3. The first-order chi connectivity index (χ1) is 11.9. The lowest BCUT2D eigenvalue weighted by Gasteiger charge is -2.14. The Hall–Kier alpha value is -1.95. The number of hydrogen-bond acceptors (Lipinski definition) is 3. The highest BCUT2D eigenvalue weighted by Gasteiger charge is 2.17. The minimum atomic E-state index is -1.23. The highest BCUT2D eigenvalue weighted by atomic mass is 35.5. The molecular weight excluding hydrogens is 387 g/mol. The first kappa shape index (κ1) is 19.4. The number of alkyl halides is 2. The molecule has 8 heteroatoms. The number of anilines is 1. The fraction of sp³-hybridized carbons (Fsp3) is 0.176. The van der Waals surface area contributed by atoms with Crippen LogP contribution in [0.1, 0.15) is 15.9 Å². The van der Waals surface area contributed by atoms with E-state index < -0.39 is 10.7 Å². The van der Waals surface area contributed by atoms with Crippen LogP contribution in [0.25, 0.3) is 0 Å². The zero-order valence-corrected chi connectivity index (χ0v) is 15.5. The second-order valence-electron chi connectivity index (χ2n) is 5.00. The number of methoxy groups -OCH3 is 1. The summed E-state index contributed by atoms with van der Waals surface area (Å²) in [6, 6.07) is 12.1. The molecule has 0 unspecified atom stereocenters. The molecule has 5 nitrogen and oxygen atoms in total. The minimum Gasteiger partial charge on any atom is -0.493 e. The van der Waals surface area contributed by atoms with E-state index in [1.165, 1.54) is 7.11 Å². The molecule has 0 aliphatic carbocycles. The van der Waals surface area contributed by atoms with Crippen molar-refractivity contribution < 1.29 is 14.3 Å². The lowest BCUT2D eigenvalue weighted by molar-refractivity contribution is -0.114. The second kappa shape index (κ2) is 8.94. The second-order valence-corrected chi connectivity index (χ2v) is 6.50. The molecule has 0 spiro atoms. The van der Waals surface area contributed by atoms with Gasteiger partial charge in [0, 0.05) is 12.1 Å². The Morgan fingerprint density at radius 3 is 2.44 bits per heavy atom. The van der Waals surface area contributed by atoms with Crippen LogP contribution in [-0.4, -0.2) is 23.8 Å². The van der Waals surface area contributed by atoms with Crippen molar-refractivity contribution in [2.45, 2.75) is 11.4 Å². The summed E-state index contributed by atoms with van der Waals surface area (Å²) in [6.45, 7) is 0.214. The summed E-state index contributed by atoms with van der Waals surface area (Å²) in [5.74, 6) is -0.551. The molecule has 2 N–H and O–H groups in total. The number of benzene rings is 2. The summed E-state index contributed by atoms with van der Waals surface area (Å²) in [5, 5.41) is 5.60. The highest BCUT2D eigenvalue weighted by molar-refractivity contribution is 6.54. The van der Waals surface area contributed by atoms with Gasteiger partial charge in [0.25, 0.3) is 11.8 Å². The van der Waals surface area contributed by atoms with E-state index in [0.29, 0.717) is 16.8 Å². The molecule has 2 rings (SSSR count). The smallest absolute Gasteiger partial charge is 0.257 e. The van der Waals surface area contributed by atoms with Crippen molar-refractivity contribution in [1.82, 2.24) is 5.32 Å². The monoisotopic (exact) mass is 400 g/mol. The molecule has 0 bridgehead atoms. The van der Waals surface area contributed by atoms with E-state index in [-0.39, 0.29) is 23.2 Å². The number of carbonyl (C=O) groups is 2. The third-order valence-corrected chi connectivity index (χ3v) is 3.93. The van der Waals surface area contributed by atoms with E-state index in [1.807, 2.05) is 6.07 Å². The zero-order chi connectivity index (χ0) is 18.4. The van der Waals surface area contributed by atoms with Crippen molar-refractivity contribution in [2.24, 2.45) is 0 Å². The quantitative estimate of drug-likeness (QED) is 0.718. The average molecular weight is 402 g/mol. The van der Waals surface area contributed by atoms with Gasteiger partial charge in [-0.15, -0.1) is 0 Å². The third-order valence-electron chi connectivity index (χ3n) is 3.25. The molecule has 0 heterocycles. The van der Waals surface area contributed by atoms with Crippen LogP contribution in [0.4, 0.5) is 5.69 Å². The molecule has 132 valence electrons. The van der Waals surface area contributed by atoms with Gasteiger partial charge in [0.1, 0.15) is 0 Å². The lowest BCUT2D eigenvalue weighted by atomic mass is 10.1. The topological polar surface area (TPSA) is 67.4 Å².